The molecule has 1 saturated heterocycles. The van der Waals surface area contributed by atoms with Gasteiger partial charge in [-0.3, -0.25) is 4.79 Å². The highest BCUT2D eigenvalue weighted by Gasteiger charge is 2.32. The number of amides is 1. The van der Waals surface area contributed by atoms with Gasteiger partial charge in [0, 0.05) is 23.5 Å². The number of piperidine rings is 1. The predicted octanol–water partition coefficient (Wildman–Crippen LogP) is 4.39. The minimum absolute atomic E-state index is 0.0463. The number of benzene rings is 2. The molecule has 6 nitrogen and oxygen atoms in total. The van der Waals surface area contributed by atoms with Crippen molar-refractivity contribution >= 4 is 43.5 Å². The maximum atomic E-state index is 12.9. The Hall–Kier alpha value is -1.61. The van der Waals surface area contributed by atoms with Crippen LogP contribution in [0, 0.1) is 5.92 Å². The molecule has 1 aliphatic heterocycles. The van der Waals surface area contributed by atoms with Gasteiger partial charge in [0.1, 0.15) is 5.75 Å². The molecule has 1 N–H and O–H groups in total. The quantitative estimate of drug-likeness (QED) is 0.619. The van der Waals surface area contributed by atoms with Crippen LogP contribution >= 0.6 is 27.5 Å². The van der Waals surface area contributed by atoms with Crippen LogP contribution in [0.25, 0.3) is 0 Å². The summed E-state index contributed by atoms with van der Waals surface area (Å²) in [4.78, 5) is 12.8. The highest BCUT2D eigenvalue weighted by Crippen LogP contribution is 2.30. The van der Waals surface area contributed by atoms with Crippen LogP contribution in [0.5, 0.6) is 5.75 Å². The van der Waals surface area contributed by atoms with Gasteiger partial charge in [0.2, 0.25) is 15.9 Å². The number of carbonyl (C=O) groups excluding carboxylic acids is 1. The average Bonchev–Trinajstić information content (AvgIpc) is 2.74. The minimum atomic E-state index is -3.67. The van der Waals surface area contributed by atoms with E-state index >= 15 is 0 Å². The second kappa shape index (κ2) is 9.68. The lowest BCUT2D eigenvalue weighted by Gasteiger charge is -2.31. The first-order valence-corrected chi connectivity index (χ1v) is 12.2. The van der Waals surface area contributed by atoms with Gasteiger partial charge in [0.15, 0.2) is 0 Å². The Bertz CT molecular complexity index is 1010. The number of rotatable bonds is 6. The SMILES string of the molecule is COc1ccc(S(=O)(=O)N2CCC(C(=O)N[C@@H](C)c3ccc(Br)cc3)CC2)cc1Cl. The maximum absolute atomic E-state index is 12.9. The molecule has 2 aromatic carbocycles. The van der Waals surface area contributed by atoms with Crippen LogP contribution in [0.3, 0.4) is 0 Å². The van der Waals surface area contributed by atoms with Gasteiger partial charge in [-0.05, 0) is 55.7 Å². The van der Waals surface area contributed by atoms with Gasteiger partial charge in [0.25, 0.3) is 0 Å². The Labute approximate surface area is 190 Å². The van der Waals surface area contributed by atoms with Gasteiger partial charge in [-0.2, -0.15) is 4.31 Å². The van der Waals surface area contributed by atoms with E-state index < -0.39 is 10.0 Å². The van der Waals surface area contributed by atoms with Crippen LogP contribution in [0.15, 0.2) is 51.8 Å². The molecule has 1 amide bonds. The summed E-state index contributed by atoms with van der Waals surface area (Å²) in [5, 5.41) is 3.28. The summed E-state index contributed by atoms with van der Waals surface area (Å²) in [6, 6.07) is 12.1. The lowest BCUT2D eigenvalue weighted by atomic mass is 9.96. The van der Waals surface area contributed by atoms with Crippen LogP contribution in [0.4, 0.5) is 0 Å². The molecule has 1 atom stereocenters. The van der Waals surface area contributed by atoms with Crippen molar-refractivity contribution < 1.29 is 17.9 Å². The molecule has 1 aliphatic rings. The molecule has 0 radical (unpaired) electrons. The van der Waals surface area contributed by atoms with Crippen molar-refractivity contribution in [1.82, 2.24) is 9.62 Å². The fraction of sp³-hybridized carbons (Fsp3) is 0.381. The minimum Gasteiger partial charge on any atom is -0.495 e. The second-order valence-corrected chi connectivity index (χ2v) is 10.5. The number of hydrogen-bond acceptors (Lipinski definition) is 4. The van der Waals surface area contributed by atoms with Crippen LogP contribution in [0.1, 0.15) is 31.4 Å². The normalized spacial score (nSPS) is 16.8. The van der Waals surface area contributed by atoms with Gasteiger partial charge in [-0.1, -0.05) is 39.7 Å². The zero-order chi connectivity index (χ0) is 21.9. The van der Waals surface area contributed by atoms with Crippen molar-refractivity contribution in [1.29, 1.82) is 0 Å². The molecule has 0 spiro atoms. The summed E-state index contributed by atoms with van der Waals surface area (Å²) in [6.45, 7) is 2.52. The summed E-state index contributed by atoms with van der Waals surface area (Å²) in [5.41, 5.74) is 1.02. The van der Waals surface area contributed by atoms with Crippen LogP contribution in [0.2, 0.25) is 5.02 Å². The summed E-state index contributed by atoms with van der Waals surface area (Å²) >= 11 is 9.49. The van der Waals surface area contributed by atoms with Gasteiger partial charge >= 0.3 is 0 Å². The van der Waals surface area contributed by atoms with Crippen LogP contribution in [-0.2, 0) is 14.8 Å². The number of hydrogen-bond donors (Lipinski definition) is 1. The monoisotopic (exact) mass is 514 g/mol. The molecule has 1 heterocycles. The van der Waals surface area contributed by atoms with E-state index in [1.807, 2.05) is 31.2 Å². The largest absolute Gasteiger partial charge is 0.495 e. The van der Waals surface area contributed by atoms with E-state index in [9.17, 15) is 13.2 Å². The van der Waals surface area contributed by atoms with Crippen molar-refractivity contribution in [2.24, 2.45) is 5.92 Å². The third kappa shape index (κ3) is 5.17. The van der Waals surface area contributed by atoms with Crippen molar-refractivity contribution in [2.45, 2.75) is 30.7 Å². The number of carbonyl (C=O) groups is 1. The molecule has 2 aromatic rings. The zero-order valence-electron chi connectivity index (χ0n) is 16.8. The number of nitrogens with zero attached hydrogens (tertiary/aromatic N) is 1. The summed E-state index contributed by atoms with van der Waals surface area (Å²) in [7, 11) is -2.20. The third-order valence-electron chi connectivity index (χ3n) is 5.31. The standard InChI is InChI=1S/C21H24BrClN2O4S/c1-14(15-3-5-17(22)6-4-15)24-21(26)16-9-11-25(12-10-16)30(27,28)18-7-8-20(29-2)19(23)13-18/h3-8,13-14,16H,9-12H2,1-2H3,(H,24,26)/t14-/m0/s1. The average molecular weight is 516 g/mol. The maximum Gasteiger partial charge on any atom is 0.243 e. The molecule has 1 fully saturated rings. The first-order chi connectivity index (χ1) is 14.2. The smallest absolute Gasteiger partial charge is 0.243 e. The Kier molecular flexibility index (Phi) is 7.44. The Morgan fingerprint density at radius 2 is 1.83 bits per heavy atom. The summed E-state index contributed by atoms with van der Waals surface area (Å²) in [6.07, 6.45) is 0.948. The van der Waals surface area contributed by atoms with Gasteiger partial charge in [-0.25, -0.2) is 8.42 Å². The Balaban J connectivity index is 1.60. The number of sulfonamides is 1. The first kappa shape index (κ1) is 23.1. The van der Waals surface area contributed by atoms with E-state index in [2.05, 4.69) is 21.2 Å². The Morgan fingerprint density at radius 3 is 2.40 bits per heavy atom. The van der Waals surface area contributed by atoms with E-state index in [4.69, 9.17) is 16.3 Å². The van der Waals surface area contributed by atoms with E-state index in [0.717, 1.165) is 10.0 Å². The third-order valence-corrected chi connectivity index (χ3v) is 8.03. The van der Waals surface area contributed by atoms with E-state index in [1.165, 1.54) is 23.5 Å². The number of halogens is 2. The van der Waals surface area contributed by atoms with Gasteiger partial charge in [0.05, 0.1) is 23.1 Å². The molecule has 30 heavy (non-hydrogen) atoms. The molecule has 0 unspecified atom stereocenters. The predicted molar refractivity (Wildman–Crippen MR) is 120 cm³/mol. The number of nitrogens with one attached hydrogen (secondary N) is 1. The lowest BCUT2D eigenvalue weighted by molar-refractivity contribution is -0.126. The van der Waals surface area contributed by atoms with Crippen molar-refractivity contribution in [3.8, 4) is 5.75 Å². The molecule has 0 bridgehead atoms. The molecule has 0 aliphatic carbocycles. The molecule has 9 heteroatoms. The summed E-state index contributed by atoms with van der Waals surface area (Å²) < 4.78 is 33.3. The van der Waals surface area contributed by atoms with E-state index in [1.54, 1.807) is 6.07 Å². The zero-order valence-corrected chi connectivity index (χ0v) is 19.9. The van der Waals surface area contributed by atoms with Crippen molar-refractivity contribution in [3.05, 3.63) is 57.5 Å². The van der Waals surface area contributed by atoms with Gasteiger partial charge < -0.3 is 10.1 Å². The topological polar surface area (TPSA) is 75.7 Å². The molecular weight excluding hydrogens is 492 g/mol. The molecule has 0 aromatic heterocycles. The van der Waals surface area contributed by atoms with Crippen molar-refractivity contribution in [2.75, 3.05) is 20.2 Å². The van der Waals surface area contributed by atoms with Crippen molar-refractivity contribution in [3.63, 3.8) is 0 Å². The molecule has 162 valence electrons. The first-order valence-electron chi connectivity index (χ1n) is 9.62. The summed E-state index contributed by atoms with van der Waals surface area (Å²) in [5.74, 6) is 0.162. The van der Waals surface area contributed by atoms with E-state index in [-0.39, 0.29) is 40.9 Å². The van der Waals surface area contributed by atoms with Crippen LogP contribution in [-0.4, -0.2) is 38.8 Å². The highest BCUT2D eigenvalue weighted by molar-refractivity contribution is 9.10. The van der Waals surface area contributed by atoms with Gasteiger partial charge in [-0.15, -0.1) is 0 Å². The molecule has 0 saturated carbocycles. The fourth-order valence-corrected chi connectivity index (χ4v) is 5.56. The highest BCUT2D eigenvalue weighted by atomic mass is 79.9. The van der Waals surface area contributed by atoms with Crippen LogP contribution < -0.4 is 10.1 Å². The Morgan fingerprint density at radius 1 is 1.20 bits per heavy atom. The number of ether oxygens (including phenoxy) is 1. The second-order valence-electron chi connectivity index (χ2n) is 7.26. The molecule has 3 rings (SSSR count). The fourth-order valence-electron chi connectivity index (χ4n) is 3.48. The van der Waals surface area contributed by atoms with E-state index in [0.29, 0.717) is 18.6 Å². The lowest BCUT2D eigenvalue weighted by Crippen LogP contribution is -2.43. The molecular formula is C21H24BrClN2O4S. The number of methoxy groups -OCH3 is 1.